The summed E-state index contributed by atoms with van der Waals surface area (Å²) in [4.78, 5) is 35.0. The fraction of sp³-hybridized carbons (Fsp3) is 0.438. The van der Waals surface area contributed by atoms with Gasteiger partial charge in [-0.05, 0) is 38.3 Å². The van der Waals surface area contributed by atoms with E-state index in [9.17, 15) is 14.4 Å². The Labute approximate surface area is 128 Å². The van der Waals surface area contributed by atoms with Crippen molar-refractivity contribution in [2.75, 3.05) is 5.32 Å². The number of para-hydroxylation sites is 1. The Balaban J connectivity index is 1.83. The lowest BCUT2D eigenvalue weighted by Crippen LogP contribution is -2.43. The van der Waals surface area contributed by atoms with Crippen LogP contribution >= 0.6 is 0 Å². The molecule has 0 heterocycles. The quantitative estimate of drug-likeness (QED) is 0.770. The second-order valence-electron chi connectivity index (χ2n) is 5.63. The van der Waals surface area contributed by atoms with Crippen molar-refractivity contribution in [1.82, 2.24) is 5.32 Å². The van der Waals surface area contributed by atoms with E-state index in [1.54, 1.807) is 19.1 Å². The molecular weight excluding hydrogens is 284 g/mol. The first-order chi connectivity index (χ1) is 10.5. The first-order valence-electron chi connectivity index (χ1n) is 7.36. The van der Waals surface area contributed by atoms with Gasteiger partial charge in [0.25, 0.3) is 0 Å². The van der Waals surface area contributed by atoms with E-state index in [4.69, 9.17) is 5.11 Å². The largest absolute Gasteiger partial charge is 0.481 e. The van der Waals surface area contributed by atoms with Crippen LogP contribution in [-0.4, -0.2) is 28.9 Å². The molecule has 22 heavy (non-hydrogen) atoms. The number of carboxylic acids is 1. The number of anilines is 1. The van der Waals surface area contributed by atoms with Crippen molar-refractivity contribution in [3.63, 3.8) is 0 Å². The average Bonchev–Trinajstić information content (AvgIpc) is 2.98. The molecule has 1 unspecified atom stereocenters. The maximum Gasteiger partial charge on any atom is 0.306 e. The van der Waals surface area contributed by atoms with Crippen LogP contribution < -0.4 is 10.6 Å². The van der Waals surface area contributed by atoms with Gasteiger partial charge in [-0.15, -0.1) is 0 Å². The van der Waals surface area contributed by atoms with Gasteiger partial charge < -0.3 is 15.7 Å². The van der Waals surface area contributed by atoms with Crippen molar-refractivity contribution in [2.24, 2.45) is 11.8 Å². The maximum absolute atomic E-state index is 12.1. The number of aliphatic carboxylic acids is 1. The summed E-state index contributed by atoms with van der Waals surface area (Å²) < 4.78 is 0. The van der Waals surface area contributed by atoms with Crippen LogP contribution in [-0.2, 0) is 14.4 Å². The molecule has 1 fully saturated rings. The van der Waals surface area contributed by atoms with E-state index in [1.807, 2.05) is 18.2 Å². The third-order valence-corrected chi connectivity index (χ3v) is 3.95. The smallest absolute Gasteiger partial charge is 0.306 e. The van der Waals surface area contributed by atoms with Crippen molar-refractivity contribution in [2.45, 2.75) is 32.2 Å². The highest BCUT2D eigenvalue weighted by molar-refractivity contribution is 5.97. The summed E-state index contributed by atoms with van der Waals surface area (Å²) in [6.07, 6.45) is 1.40. The molecule has 0 spiro atoms. The number of benzene rings is 1. The molecule has 0 aliphatic heterocycles. The van der Waals surface area contributed by atoms with Crippen molar-refractivity contribution in [3.05, 3.63) is 30.3 Å². The zero-order valence-electron chi connectivity index (χ0n) is 12.4. The molecular formula is C16H20N2O4. The fourth-order valence-electron chi connectivity index (χ4n) is 2.61. The van der Waals surface area contributed by atoms with Gasteiger partial charge in [0.15, 0.2) is 0 Å². The third-order valence-electron chi connectivity index (χ3n) is 3.95. The summed E-state index contributed by atoms with van der Waals surface area (Å²) in [6.45, 7) is 1.61. The number of hydrogen-bond acceptors (Lipinski definition) is 3. The number of nitrogens with one attached hydrogen (secondary N) is 2. The van der Waals surface area contributed by atoms with Crippen LogP contribution in [0.5, 0.6) is 0 Å². The lowest BCUT2D eigenvalue weighted by atomic mass is 10.0. The molecule has 0 bridgehead atoms. The van der Waals surface area contributed by atoms with Crippen LogP contribution in [0.1, 0.15) is 26.2 Å². The molecule has 2 rings (SSSR count). The van der Waals surface area contributed by atoms with Crippen LogP contribution in [0.15, 0.2) is 30.3 Å². The third kappa shape index (κ3) is 4.07. The van der Waals surface area contributed by atoms with Crippen LogP contribution in [0.3, 0.4) is 0 Å². The molecule has 1 saturated carbocycles. The summed E-state index contributed by atoms with van der Waals surface area (Å²) >= 11 is 0. The predicted octanol–water partition coefficient (Wildman–Crippen LogP) is 1.63. The standard InChI is InChI=1S/C16H20N2O4/c1-10(14(19)18-13-5-3-2-4-6-13)17-15(20)11-7-8-12(9-11)16(21)22/h2-6,10-12H,7-9H2,1H3,(H,17,20)(H,18,19)(H,21,22)/t10?,11-,12+/m1/s1. The zero-order chi connectivity index (χ0) is 16.1. The number of carbonyl (C=O) groups is 3. The van der Waals surface area contributed by atoms with E-state index >= 15 is 0 Å². The fourth-order valence-corrected chi connectivity index (χ4v) is 2.61. The Morgan fingerprint density at radius 2 is 1.77 bits per heavy atom. The van der Waals surface area contributed by atoms with Crippen LogP contribution in [0.25, 0.3) is 0 Å². The van der Waals surface area contributed by atoms with Crippen molar-refractivity contribution >= 4 is 23.5 Å². The molecule has 1 aliphatic carbocycles. The van der Waals surface area contributed by atoms with Gasteiger partial charge in [-0.2, -0.15) is 0 Å². The Bertz CT molecular complexity index is 559. The molecule has 6 nitrogen and oxygen atoms in total. The average molecular weight is 304 g/mol. The maximum atomic E-state index is 12.1. The second-order valence-corrected chi connectivity index (χ2v) is 5.63. The highest BCUT2D eigenvalue weighted by Gasteiger charge is 2.34. The van der Waals surface area contributed by atoms with E-state index in [0.717, 1.165) is 0 Å². The van der Waals surface area contributed by atoms with Gasteiger partial charge in [0.05, 0.1) is 5.92 Å². The number of carboxylic acid groups (broad SMARTS) is 1. The van der Waals surface area contributed by atoms with Gasteiger partial charge in [0.2, 0.25) is 11.8 Å². The normalized spacial score (nSPS) is 21.9. The van der Waals surface area contributed by atoms with E-state index in [0.29, 0.717) is 24.9 Å². The van der Waals surface area contributed by atoms with Crippen LogP contribution in [0.2, 0.25) is 0 Å². The molecule has 6 heteroatoms. The summed E-state index contributed by atoms with van der Waals surface area (Å²) in [6, 6.07) is 8.32. The number of carbonyl (C=O) groups excluding carboxylic acids is 2. The number of amides is 2. The predicted molar refractivity (Wildman–Crippen MR) is 81.1 cm³/mol. The lowest BCUT2D eigenvalue weighted by Gasteiger charge is -2.17. The Morgan fingerprint density at radius 1 is 1.14 bits per heavy atom. The molecule has 3 atom stereocenters. The molecule has 1 aromatic carbocycles. The van der Waals surface area contributed by atoms with E-state index < -0.39 is 17.9 Å². The van der Waals surface area contributed by atoms with Gasteiger partial charge in [-0.3, -0.25) is 14.4 Å². The van der Waals surface area contributed by atoms with Gasteiger partial charge >= 0.3 is 5.97 Å². The summed E-state index contributed by atoms with van der Waals surface area (Å²) in [7, 11) is 0. The second kappa shape index (κ2) is 7.06. The minimum absolute atomic E-state index is 0.250. The first kappa shape index (κ1) is 16.0. The van der Waals surface area contributed by atoms with Gasteiger partial charge in [0, 0.05) is 11.6 Å². The van der Waals surface area contributed by atoms with Crippen LogP contribution in [0.4, 0.5) is 5.69 Å². The van der Waals surface area contributed by atoms with Gasteiger partial charge in [0.1, 0.15) is 6.04 Å². The summed E-state index contributed by atoms with van der Waals surface area (Å²) in [5, 5.41) is 14.3. The highest BCUT2D eigenvalue weighted by Crippen LogP contribution is 2.31. The van der Waals surface area contributed by atoms with Crippen molar-refractivity contribution in [3.8, 4) is 0 Å². The number of hydrogen-bond donors (Lipinski definition) is 3. The Morgan fingerprint density at radius 3 is 2.36 bits per heavy atom. The molecule has 0 aromatic heterocycles. The Kier molecular flexibility index (Phi) is 5.14. The molecule has 0 saturated heterocycles. The van der Waals surface area contributed by atoms with E-state index in [2.05, 4.69) is 10.6 Å². The minimum atomic E-state index is -0.856. The molecule has 0 radical (unpaired) electrons. The molecule has 3 N–H and O–H groups in total. The molecule has 118 valence electrons. The Hall–Kier alpha value is -2.37. The monoisotopic (exact) mass is 304 g/mol. The van der Waals surface area contributed by atoms with E-state index in [1.165, 1.54) is 0 Å². The van der Waals surface area contributed by atoms with Gasteiger partial charge in [-0.1, -0.05) is 18.2 Å². The lowest BCUT2D eigenvalue weighted by molar-refractivity contribution is -0.141. The van der Waals surface area contributed by atoms with Crippen LogP contribution in [0, 0.1) is 11.8 Å². The van der Waals surface area contributed by atoms with Gasteiger partial charge in [-0.25, -0.2) is 0 Å². The molecule has 1 aromatic rings. The topological polar surface area (TPSA) is 95.5 Å². The first-order valence-corrected chi connectivity index (χ1v) is 7.36. The molecule has 2 amide bonds. The van der Waals surface area contributed by atoms with Crippen molar-refractivity contribution < 1.29 is 19.5 Å². The summed E-state index contributed by atoms with van der Waals surface area (Å²) in [5.74, 6) is -2.19. The number of rotatable bonds is 5. The molecule has 1 aliphatic rings. The minimum Gasteiger partial charge on any atom is -0.481 e. The zero-order valence-corrected chi connectivity index (χ0v) is 12.4. The van der Waals surface area contributed by atoms with Crippen molar-refractivity contribution in [1.29, 1.82) is 0 Å². The highest BCUT2D eigenvalue weighted by atomic mass is 16.4. The SMILES string of the molecule is CC(NC(=O)[C@@H]1CC[C@H](C(=O)O)C1)C(=O)Nc1ccccc1. The summed E-state index contributed by atoms with van der Waals surface area (Å²) in [5.41, 5.74) is 0.667. The van der Waals surface area contributed by atoms with E-state index in [-0.39, 0.29) is 17.7 Å².